The molecule has 1 saturated heterocycles. The Hall–Kier alpha value is -4.10. The number of nitrogen functional groups attached to an aromatic ring is 1. The molecule has 0 unspecified atom stereocenters. The van der Waals surface area contributed by atoms with Crippen LogP contribution in [0.2, 0.25) is 0 Å². The number of hydroxylamine groups is 2. The summed E-state index contributed by atoms with van der Waals surface area (Å²) in [6.45, 7) is 2.70. The van der Waals surface area contributed by atoms with Crippen LogP contribution in [-0.4, -0.2) is 65.4 Å². The molecule has 0 radical (unpaired) electrons. The molecule has 5 rings (SSSR count). The lowest BCUT2D eigenvalue weighted by Crippen LogP contribution is -2.53. The molecule has 41 heavy (non-hydrogen) atoms. The fourth-order valence-electron chi connectivity index (χ4n) is 4.54. The summed E-state index contributed by atoms with van der Waals surface area (Å²) in [7, 11) is -3.76. The maximum atomic E-state index is 13.5. The average Bonchev–Trinajstić information content (AvgIpc) is 3.11. The predicted molar refractivity (Wildman–Crippen MR) is 156 cm³/mol. The van der Waals surface area contributed by atoms with Gasteiger partial charge in [0.15, 0.2) is 0 Å². The Balaban J connectivity index is 1.39. The first-order valence-electron chi connectivity index (χ1n) is 13.2. The molecule has 214 valence electrons. The number of fused-ring (bicyclic) bond motifs is 1. The Morgan fingerprint density at radius 1 is 1.10 bits per heavy atom. The smallest absolute Gasteiger partial charge is 0.273 e. The van der Waals surface area contributed by atoms with Crippen LogP contribution in [0.3, 0.4) is 0 Å². The second-order valence-corrected chi connectivity index (χ2v) is 12.0. The van der Waals surface area contributed by atoms with Crippen molar-refractivity contribution < 1.29 is 23.2 Å². The van der Waals surface area contributed by atoms with Crippen molar-refractivity contribution in [3.8, 4) is 11.1 Å². The SMILES string of the molecule is CCCN(OCc1ccc(N)cc1)C(=O)C1=Cc2ccc(-c3cncc(S(=O)(=O)N4CC(O)C4)c3)cc2N=C(N)C1. The lowest BCUT2D eigenvalue weighted by molar-refractivity contribution is -0.187. The minimum absolute atomic E-state index is 0.0441. The zero-order valence-electron chi connectivity index (χ0n) is 22.6. The van der Waals surface area contributed by atoms with E-state index in [9.17, 15) is 18.3 Å². The maximum absolute atomic E-state index is 13.5. The number of benzene rings is 2. The minimum Gasteiger partial charge on any atom is -0.399 e. The normalized spacial score (nSPS) is 15.8. The van der Waals surface area contributed by atoms with Crippen LogP contribution in [0, 0.1) is 0 Å². The summed E-state index contributed by atoms with van der Waals surface area (Å²) in [5.41, 5.74) is 16.5. The van der Waals surface area contributed by atoms with Crippen LogP contribution in [0.15, 0.2) is 76.4 Å². The van der Waals surface area contributed by atoms with Crippen LogP contribution in [-0.2, 0) is 26.3 Å². The molecule has 2 aromatic carbocycles. The highest BCUT2D eigenvalue weighted by molar-refractivity contribution is 7.89. The number of hydrogen-bond acceptors (Lipinski definition) is 9. The zero-order chi connectivity index (χ0) is 29.1. The number of nitrogens with zero attached hydrogens (tertiary/aromatic N) is 4. The van der Waals surface area contributed by atoms with Gasteiger partial charge in [-0.15, -0.1) is 0 Å². The number of carbonyl (C=O) groups is 1. The number of sulfonamides is 1. The molecule has 1 fully saturated rings. The zero-order valence-corrected chi connectivity index (χ0v) is 23.4. The fraction of sp³-hybridized carbons (Fsp3) is 0.276. The van der Waals surface area contributed by atoms with Crippen LogP contribution in [0.1, 0.15) is 30.9 Å². The molecule has 0 bridgehead atoms. The topological polar surface area (TPSA) is 164 Å². The summed E-state index contributed by atoms with van der Waals surface area (Å²) >= 11 is 0. The number of aliphatic imine (C=N–C) groups is 1. The van der Waals surface area contributed by atoms with Gasteiger partial charge in [-0.05, 0) is 47.9 Å². The highest BCUT2D eigenvalue weighted by Crippen LogP contribution is 2.33. The van der Waals surface area contributed by atoms with Gasteiger partial charge in [-0.3, -0.25) is 14.6 Å². The molecule has 3 aromatic rings. The van der Waals surface area contributed by atoms with Gasteiger partial charge in [-0.1, -0.05) is 31.2 Å². The van der Waals surface area contributed by atoms with E-state index in [-0.39, 0.29) is 42.8 Å². The molecule has 1 aromatic heterocycles. The molecular weight excluding hydrogens is 544 g/mol. The minimum atomic E-state index is -3.76. The van der Waals surface area contributed by atoms with Crippen LogP contribution in [0.5, 0.6) is 0 Å². The molecule has 5 N–H and O–H groups in total. The monoisotopic (exact) mass is 576 g/mol. The van der Waals surface area contributed by atoms with E-state index < -0.39 is 16.1 Å². The van der Waals surface area contributed by atoms with Crippen molar-refractivity contribution in [2.75, 3.05) is 25.4 Å². The van der Waals surface area contributed by atoms with Gasteiger partial charge in [0.05, 0.1) is 11.8 Å². The van der Waals surface area contributed by atoms with Gasteiger partial charge >= 0.3 is 0 Å². The van der Waals surface area contributed by atoms with Crippen molar-refractivity contribution in [2.24, 2.45) is 10.7 Å². The third-order valence-electron chi connectivity index (χ3n) is 6.80. The van der Waals surface area contributed by atoms with Crippen molar-refractivity contribution in [1.29, 1.82) is 0 Å². The number of pyridine rings is 1. The second kappa shape index (κ2) is 11.8. The van der Waals surface area contributed by atoms with E-state index in [1.54, 1.807) is 36.5 Å². The Kier molecular flexibility index (Phi) is 8.18. The summed E-state index contributed by atoms with van der Waals surface area (Å²) in [4.78, 5) is 28.1. The first kappa shape index (κ1) is 28.4. The number of aromatic nitrogens is 1. The Morgan fingerprint density at radius 2 is 1.85 bits per heavy atom. The molecule has 0 saturated carbocycles. The predicted octanol–water partition coefficient (Wildman–Crippen LogP) is 2.84. The second-order valence-electron chi connectivity index (χ2n) is 10.0. The van der Waals surface area contributed by atoms with E-state index in [0.29, 0.717) is 46.6 Å². The number of carbonyl (C=O) groups excluding carboxylic acids is 1. The number of hydrogen-bond donors (Lipinski definition) is 3. The molecule has 0 spiro atoms. The van der Waals surface area contributed by atoms with Gasteiger partial charge in [0.25, 0.3) is 5.91 Å². The number of amidine groups is 1. The van der Waals surface area contributed by atoms with Crippen molar-refractivity contribution >= 4 is 39.2 Å². The van der Waals surface area contributed by atoms with Gasteiger partial charge in [-0.2, -0.15) is 4.31 Å². The number of β-amino-alcohol motifs (C(OH)–C–C–N with tert-alkyl or cyclic N) is 1. The van der Waals surface area contributed by atoms with E-state index in [2.05, 4.69) is 9.98 Å². The number of amides is 1. The van der Waals surface area contributed by atoms with Crippen LogP contribution >= 0.6 is 0 Å². The fourth-order valence-corrected chi connectivity index (χ4v) is 6.05. The average molecular weight is 577 g/mol. The summed E-state index contributed by atoms with van der Waals surface area (Å²) in [6.07, 6.45) is 4.82. The molecule has 2 aliphatic heterocycles. The van der Waals surface area contributed by atoms with Gasteiger partial charge < -0.3 is 16.6 Å². The van der Waals surface area contributed by atoms with E-state index in [4.69, 9.17) is 16.3 Å². The first-order chi connectivity index (χ1) is 19.6. The lowest BCUT2D eigenvalue weighted by Gasteiger charge is -2.34. The Bertz CT molecular complexity index is 1610. The largest absolute Gasteiger partial charge is 0.399 e. The summed E-state index contributed by atoms with van der Waals surface area (Å²) in [5, 5.41) is 10.9. The molecule has 12 heteroatoms. The quantitative estimate of drug-likeness (QED) is 0.258. The van der Waals surface area contributed by atoms with Gasteiger partial charge in [-0.25, -0.2) is 18.5 Å². The lowest BCUT2D eigenvalue weighted by atomic mass is 10.0. The number of aliphatic hydroxyl groups excluding tert-OH is 1. The van der Waals surface area contributed by atoms with Crippen LogP contribution in [0.4, 0.5) is 11.4 Å². The van der Waals surface area contributed by atoms with E-state index in [1.165, 1.54) is 15.6 Å². The molecular formula is C29H32N6O5S. The third-order valence-corrected chi connectivity index (χ3v) is 8.60. The van der Waals surface area contributed by atoms with Gasteiger partial charge in [0, 0.05) is 60.8 Å². The molecule has 11 nitrogen and oxygen atoms in total. The number of aliphatic hydroxyl groups is 1. The van der Waals surface area contributed by atoms with E-state index >= 15 is 0 Å². The molecule has 0 aliphatic carbocycles. The number of nitrogens with two attached hydrogens (primary N) is 2. The molecule has 2 aliphatic rings. The van der Waals surface area contributed by atoms with Crippen molar-refractivity contribution in [3.63, 3.8) is 0 Å². The summed E-state index contributed by atoms with van der Waals surface area (Å²) < 4.78 is 27.0. The summed E-state index contributed by atoms with van der Waals surface area (Å²) in [6, 6.07) is 14.2. The van der Waals surface area contributed by atoms with Crippen LogP contribution in [0.25, 0.3) is 17.2 Å². The number of rotatable bonds is 9. The first-order valence-corrected chi connectivity index (χ1v) is 14.7. The summed E-state index contributed by atoms with van der Waals surface area (Å²) in [5.74, 6) is -0.0307. The van der Waals surface area contributed by atoms with Crippen LogP contribution < -0.4 is 11.5 Å². The van der Waals surface area contributed by atoms with Crippen molar-refractivity contribution in [2.45, 2.75) is 37.4 Å². The molecule has 3 heterocycles. The Morgan fingerprint density at radius 3 is 2.56 bits per heavy atom. The van der Waals surface area contributed by atoms with Gasteiger partial charge in [0.2, 0.25) is 10.0 Å². The van der Waals surface area contributed by atoms with E-state index in [0.717, 1.165) is 5.56 Å². The van der Waals surface area contributed by atoms with Gasteiger partial charge in [0.1, 0.15) is 17.3 Å². The standard InChI is InChI=1S/C29H32N6O5S/c1-2-9-35(40-18-19-3-7-24(30)8-4-19)29(37)22-10-21-6-5-20(12-27(21)33-28(31)13-22)23-11-26(15-32-14-23)41(38,39)34-16-25(36)17-34/h3-8,10-12,14-15,25,36H,2,9,13,16-18,30H2,1H3,(H2,31,33). The maximum Gasteiger partial charge on any atom is 0.273 e. The molecule has 0 atom stereocenters. The van der Waals surface area contributed by atoms with E-state index in [1.807, 2.05) is 31.2 Å². The number of anilines is 1. The highest BCUT2D eigenvalue weighted by Gasteiger charge is 2.36. The Labute approximate surface area is 238 Å². The third kappa shape index (κ3) is 6.30. The van der Waals surface area contributed by atoms with Crippen molar-refractivity contribution in [3.05, 3.63) is 77.6 Å². The highest BCUT2D eigenvalue weighted by atomic mass is 32.2. The molecule has 1 amide bonds. The van der Waals surface area contributed by atoms with Crippen molar-refractivity contribution in [1.82, 2.24) is 14.4 Å².